The van der Waals surface area contributed by atoms with Crippen LogP contribution >= 0.6 is 0 Å². The van der Waals surface area contributed by atoms with Gasteiger partial charge in [0.1, 0.15) is 0 Å². The average molecular weight is 225 g/mol. The summed E-state index contributed by atoms with van der Waals surface area (Å²) < 4.78 is 10.7. The van der Waals surface area contributed by atoms with Crippen LogP contribution in [0.15, 0.2) is 0 Å². The number of nitrogens with zero attached hydrogens (tertiary/aromatic N) is 1. The minimum atomic E-state index is 0.0879. The number of hydrogen-bond donors (Lipinski definition) is 0. The fourth-order valence-electron chi connectivity index (χ4n) is 2.50. The summed E-state index contributed by atoms with van der Waals surface area (Å²) in [5.41, 5.74) is 0. The fraction of sp³-hybridized carbons (Fsp3) is 0.923. The van der Waals surface area contributed by atoms with Crippen LogP contribution in [0.25, 0.3) is 0 Å². The minimum Gasteiger partial charge on any atom is -0.382 e. The van der Waals surface area contributed by atoms with E-state index in [4.69, 9.17) is 14.7 Å². The van der Waals surface area contributed by atoms with Crippen LogP contribution in [0.1, 0.15) is 39.0 Å². The summed E-state index contributed by atoms with van der Waals surface area (Å²) in [4.78, 5) is 0. The van der Waals surface area contributed by atoms with E-state index in [-0.39, 0.29) is 12.0 Å². The Hall–Kier alpha value is -0.590. The molecule has 1 saturated carbocycles. The van der Waals surface area contributed by atoms with Gasteiger partial charge in [0.2, 0.25) is 0 Å². The molecule has 92 valence electrons. The Morgan fingerprint density at radius 2 is 2.12 bits per heavy atom. The molecule has 1 fully saturated rings. The second-order valence-electron chi connectivity index (χ2n) is 4.61. The first-order valence-electron chi connectivity index (χ1n) is 6.32. The van der Waals surface area contributed by atoms with E-state index < -0.39 is 0 Å². The summed E-state index contributed by atoms with van der Waals surface area (Å²) in [6.45, 7) is 3.45. The molecule has 3 atom stereocenters. The predicted molar refractivity (Wildman–Crippen MR) is 63.0 cm³/mol. The van der Waals surface area contributed by atoms with Crippen LogP contribution in [0.4, 0.5) is 0 Å². The van der Waals surface area contributed by atoms with Gasteiger partial charge in [-0.1, -0.05) is 19.8 Å². The van der Waals surface area contributed by atoms with Crippen molar-refractivity contribution < 1.29 is 9.47 Å². The van der Waals surface area contributed by atoms with Gasteiger partial charge in [-0.25, -0.2) is 0 Å². The highest BCUT2D eigenvalue weighted by Gasteiger charge is 2.30. The van der Waals surface area contributed by atoms with Gasteiger partial charge in [0.05, 0.1) is 31.3 Å². The zero-order valence-corrected chi connectivity index (χ0v) is 10.4. The molecule has 0 aromatic carbocycles. The SMILES string of the molecule is CCCC1CCC(C#N)C(OCCOC)C1. The molecule has 0 heterocycles. The number of methoxy groups -OCH3 is 1. The molecule has 0 bridgehead atoms. The van der Waals surface area contributed by atoms with Crippen LogP contribution in [0.3, 0.4) is 0 Å². The lowest BCUT2D eigenvalue weighted by Crippen LogP contribution is -2.32. The quantitative estimate of drug-likeness (QED) is 0.653. The molecule has 3 heteroatoms. The molecule has 0 N–H and O–H groups in total. The predicted octanol–water partition coefficient (Wildman–Crippen LogP) is 2.76. The van der Waals surface area contributed by atoms with Gasteiger partial charge in [0.25, 0.3) is 0 Å². The molecule has 3 unspecified atom stereocenters. The highest BCUT2D eigenvalue weighted by Crippen LogP contribution is 2.33. The van der Waals surface area contributed by atoms with Crippen molar-refractivity contribution in [3.63, 3.8) is 0 Å². The van der Waals surface area contributed by atoms with Crippen molar-refractivity contribution in [2.75, 3.05) is 20.3 Å². The molecule has 1 aliphatic rings. The average Bonchev–Trinajstić information content (AvgIpc) is 2.30. The second-order valence-corrected chi connectivity index (χ2v) is 4.61. The molecular weight excluding hydrogens is 202 g/mol. The molecule has 0 amide bonds. The molecule has 0 aromatic rings. The van der Waals surface area contributed by atoms with Crippen LogP contribution in [0.2, 0.25) is 0 Å². The standard InChI is InChI=1S/C13H23NO2/c1-3-4-11-5-6-12(10-14)13(9-11)16-8-7-15-2/h11-13H,3-9H2,1-2H3. The topological polar surface area (TPSA) is 42.2 Å². The molecule has 0 saturated heterocycles. The van der Waals surface area contributed by atoms with Crippen molar-refractivity contribution >= 4 is 0 Å². The summed E-state index contributed by atoms with van der Waals surface area (Å²) >= 11 is 0. The Balaban J connectivity index is 2.38. The summed E-state index contributed by atoms with van der Waals surface area (Å²) in [6.07, 6.45) is 5.87. The third-order valence-electron chi connectivity index (χ3n) is 3.38. The molecule has 0 radical (unpaired) electrons. The maximum atomic E-state index is 9.07. The normalized spacial score (nSPS) is 29.9. The van der Waals surface area contributed by atoms with E-state index in [0.717, 1.165) is 18.8 Å². The van der Waals surface area contributed by atoms with Gasteiger partial charge in [-0.15, -0.1) is 0 Å². The van der Waals surface area contributed by atoms with Crippen LogP contribution < -0.4 is 0 Å². The zero-order chi connectivity index (χ0) is 11.8. The van der Waals surface area contributed by atoms with E-state index in [2.05, 4.69) is 13.0 Å². The first-order chi connectivity index (χ1) is 7.81. The van der Waals surface area contributed by atoms with Gasteiger partial charge in [-0.2, -0.15) is 5.26 Å². The Morgan fingerprint density at radius 3 is 2.75 bits per heavy atom. The van der Waals surface area contributed by atoms with E-state index >= 15 is 0 Å². The molecular formula is C13H23NO2. The Bertz CT molecular complexity index is 224. The van der Waals surface area contributed by atoms with Crippen LogP contribution in [-0.2, 0) is 9.47 Å². The van der Waals surface area contributed by atoms with Gasteiger partial charge in [0.15, 0.2) is 0 Å². The van der Waals surface area contributed by atoms with Gasteiger partial charge in [-0.3, -0.25) is 0 Å². The minimum absolute atomic E-state index is 0.0879. The van der Waals surface area contributed by atoms with Gasteiger partial charge in [0, 0.05) is 7.11 Å². The third kappa shape index (κ3) is 4.11. The lowest BCUT2D eigenvalue weighted by Gasteiger charge is -2.32. The first-order valence-corrected chi connectivity index (χ1v) is 6.32. The largest absolute Gasteiger partial charge is 0.382 e. The first kappa shape index (κ1) is 13.5. The molecule has 1 rings (SSSR count). The molecule has 3 nitrogen and oxygen atoms in total. The van der Waals surface area contributed by atoms with Crippen molar-refractivity contribution in [2.45, 2.75) is 45.1 Å². The van der Waals surface area contributed by atoms with E-state index in [1.807, 2.05) is 0 Å². The smallest absolute Gasteiger partial charge is 0.0737 e. The zero-order valence-electron chi connectivity index (χ0n) is 10.4. The highest BCUT2D eigenvalue weighted by molar-refractivity contribution is 4.93. The van der Waals surface area contributed by atoms with E-state index in [1.54, 1.807) is 7.11 Å². The number of rotatable bonds is 6. The monoisotopic (exact) mass is 225 g/mol. The number of nitriles is 1. The van der Waals surface area contributed by atoms with Gasteiger partial charge >= 0.3 is 0 Å². The van der Waals surface area contributed by atoms with Crippen LogP contribution in [-0.4, -0.2) is 26.4 Å². The second kappa shape index (κ2) is 7.65. The van der Waals surface area contributed by atoms with Crippen molar-refractivity contribution in [2.24, 2.45) is 11.8 Å². The van der Waals surface area contributed by atoms with Crippen molar-refractivity contribution in [3.05, 3.63) is 0 Å². The molecule has 16 heavy (non-hydrogen) atoms. The fourth-order valence-corrected chi connectivity index (χ4v) is 2.50. The Labute approximate surface area is 98.7 Å². The van der Waals surface area contributed by atoms with Gasteiger partial charge in [-0.05, 0) is 25.2 Å². The van der Waals surface area contributed by atoms with E-state index in [0.29, 0.717) is 13.2 Å². The van der Waals surface area contributed by atoms with Crippen molar-refractivity contribution in [3.8, 4) is 6.07 Å². The highest BCUT2D eigenvalue weighted by atomic mass is 16.5. The third-order valence-corrected chi connectivity index (χ3v) is 3.38. The lowest BCUT2D eigenvalue weighted by molar-refractivity contribution is -0.0305. The maximum absolute atomic E-state index is 9.07. The molecule has 0 aliphatic heterocycles. The summed E-state index contributed by atoms with van der Waals surface area (Å²) in [5, 5.41) is 9.07. The molecule has 0 spiro atoms. The summed E-state index contributed by atoms with van der Waals surface area (Å²) in [6, 6.07) is 2.38. The summed E-state index contributed by atoms with van der Waals surface area (Å²) in [7, 11) is 1.67. The molecule has 0 aromatic heterocycles. The number of hydrogen-bond acceptors (Lipinski definition) is 3. The van der Waals surface area contributed by atoms with E-state index in [9.17, 15) is 0 Å². The molecule has 1 aliphatic carbocycles. The van der Waals surface area contributed by atoms with Gasteiger partial charge < -0.3 is 9.47 Å². The maximum Gasteiger partial charge on any atom is 0.0737 e. The number of ether oxygens (including phenoxy) is 2. The Kier molecular flexibility index (Phi) is 6.44. The lowest BCUT2D eigenvalue weighted by atomic mass is 9.78. The van der Waals surface area contributed by atoms with Crippen LogP contribution in [0, 0.1) is 23.2 Å². The Morgan fingerprint density at radius 1 is 1.31 bits per heavy atom. The van der Waals surface area contributed by atoms with Crippen molar-refractivity contribution in [1.29, 1.82) is 5.26 Å². The van der Waals surface area contributed by atoms with E-state index in [1.165, 1.54) is 19.3 Å². The van der Waals surface area contributed by atoms with Crippen LogP contribution in [0.5, 0.6) is 0 Å². The van der Waals surface area contributed by atoms with Crippen molar-refractivity contribution in [1.82, 2.24) is 0 Å². The summed E-state index contributed by atoms with van der Waals surface area (Å²) in [5.74, 6) is 0.840.